The van der Waals surface area contributed by atoms with Gasteiger partial charge in [0.1, 0.15) is 9.84 Å². The Morgan fingerprint density at radius 3 is 2.59 bits per heavy atom. The fourth-order valence-corrected chi connectivity index (χ4v) is 2.21. The van der Waals surface area contributed by atoms with Gasteiger partial charge in [0.05, 0.1) is 5.75 Å². The number of nitrogens with zero attached hydrogens (tertiary/aromatic N) is 1. The van der Waals surface area contributed by atoms with Gasteiger partial charge >= 0.3 is 0 Å². The maximum absolute atomic E-state index is 11.3. The van der Waals surface area contributed by atoms with Crippen LogP contribution < -0.4 is 10.6 Å². The van der Waals surface area contributed by atoms with Crippen LogP contribution in [-0.4, -0.2) is 70.5 Å². The Morgan fingerprint density at radius 2 is 2.00 bits per heavy atom. The highest BCUT2D eigenvalue weighted by Crippen LogP contribution is 1.91. The van der Waals surface area contributed by atoms with Gasteiger partial charge < -0.3 is 10.6 Å². The lowest BCUT2D eigenvalue weighted by atomic mass is 10.3. The molecule has 1 aliphatic rings. The summed E-state index contributed by atoms with van der Waals surface area (Å²) in [5, 5.41) is 5.99. The summed E-state index contributed by atoms with van der Waals surface area (Å²) in [4.78, 5) is 13.6. The van der Waals surface area contributed by atoms with Crippen molar-refractivity contribution in [2.24, 2.45) is 0 Å². The molecule has 0 saturated carbocycles. The summed E-state index contributed by atoms with van der Waals surface area (Å²) in [7, 11) is -3.04. The number of amides is 1. The van der Waals surface area contributed by atoms with E-state index in [2.05, 4.69) is 15.5 Å². The van der Waals surface area contributed by atoms with E-state index in [1.807, 2.05) is 0 Å². The van der Waals surface area contributed by atoms with Crippen molar-refractivity contribution >= 4 is 15.7 Å². The van der Waals surface area contributed by atoms with E-state index in [0.717, 1.165) is 39.0 Å². The zero-order valence-electron chi connectivity index (χ0n) is 10.2. The van der Waals surface area contributed by atoms with E-state index < -0.39 is 9.84 Å². The first-order valence-electron chi connectivity index (χ1n) is 5.85. The lowest BCUT2D eigenvalue weighted by Gasteiger charge is -2.27. The van der Waals surface area contributed by atoms with E-state index in [4.69, 9.17) is 0 Å². The summed E-state index contributed by atoms with van der Waals surface area (Å²) in [6, 6.07) is 0. The molecule has 0 aromatic heterocycles. The van der Waals surface area contributed by atoms with Crippen LogP contribution in [0.4, 0.5) is 0 Å². The Kier molecular flexibility index (Phi) is 5.87. The van der Waals surface area contributed by atoms with Crippen molar-refractivity contribution in [3.05, 3.63) is 0 Å². The zero-order chi connectivity index (χ0) is 12.7. The van der Waals surface area contributed by atoms with Crippen LogP contribution in [0.1, 0.15) is 6.42 Å². The predicted octanol–water partition coefficient (Wildman–Crippen LogP) is -1.56. The van der Waals surface area contributed by atoms with E-state index in [1.54, 1.807) is 0 Å². The van der Waals surface area contributed by atoms with Crippen LogP contribution in [0.3, 0.4) is 0 Å². The van der Waals surface area contributed by atoms with E-state index in [-0.39, 0.29) is 18.1 Å². The molecule has 100 valence electrons. The minimum atomic E-state index is -3.04. The Morgan fingerprint density at radius 1 is 1.35 bits per heavy atom. The molecule has 0 bridgehead atoms. The molecule has 17 heavy (non-hydrogen) atoms. The average molecular weight is 263 g/mol. The third-order valence-corrected chi connectivity index (χ3v) is 3.61. The Bertz CT molecular complexity index is 337. The van der Waals surface area contributed by atoms with Gasteiger partial charge in [-0.25, -0.2) is 8.42 Å². The Balaban J connectivity index is 2.07. The van der Waals surface area contributed by atoms with Crippen LogP contribution in [0.15, 0.2) is 0 Å². The van der Waals surface area contributed by atoms with Crippen LogP contribution in [0.2, 0.25) is 0 Å². The van der Waals surface area contributed by atoms with Crippen molar-refractivity contribution in [3.8, 4) is 0 Å². The third-order valence-electron chi connectivity index (χ3n) is 2.66. The third kappa shape index (κ3) is 7.30. The number of sulfone groups is 1. The molecular weight excluding hydrogens is 242 g/mol. The summed E-state index contributed by atoms with van der Waals surface area (Å²) in [5.41, 5.74) is 0. The average Bonchev–Trinajstić information content (AvgIpc) is 2.27. The summed E-state index contributed by atoms with van der Waals surface area (Å²) in [6.45, 7) is 5.39. The summed E-state index contributed by atoms with van der Waals surface area (Å²) in [6.07, 6.45) is 1.20. The zero-order valence-corrected chi connectivity index (χ0v) is 11.1. The molecule has 6 nitrogen and oxygen atoms in total. The number of hydrogen-bond acceptors (Lipinski definition) is 5. The van der Waals surface area contributed by atoms with Gasteiger partial charge in [-0.1, -0.05) is 0 Å². The maximum atomic E-state index is 11.3. The number of carbonyl (C=O) groups excluding carboxylic acids is 1. The molecule has 0 aromatic carbocycles. The molecule has 1 aliphatic heterocycles. The highest BCUT2D eigenvalue weighted by molar-refractivity contribution is 7.90. The second kappa shape index (κ2) is 6.93. The van der Waals surface area contributed by atoms with E-state index in [0.29, 0.717) is 6.54 Å². The second-order valence-corrected chi connectivity index (χ2v) is 6.58. The molecule has 0 aromatic rings. The summed E-state index contributed by atoms with van der Waals surface area (Å²) < 4.78 is 21.7. The van der Waals surface area contributed by atoms with Crippen LogP contribution >= 0.6 is 0 Å². The number of rotatable bonds is 6. The lowest BCUT2D eigenvalue weighted by molar-refractivity contribution is -0.120. The summed E-state index contributed by atoms with van der Waals surface area (Å²) >= 11 is 0. The quantitative estimate of drug-likeness (QED) is 0.606. The second-order valence-electron chi connectivity index (χ2n) is 4.32. The van der Waals surface area contributed by atoms with Crippen molar-refractivity contribution in [3.63, 3.8) is 0 Å². The van der Waals surface area contributed by atoms with Gasteiger partial charge in [0.15, 0.2) is 0 Å². The van der Waals surface area contributed by atoms with Gasteiger partial charge in [0, 0.05) is 51.9 Å². The molecule has 0 aliphatic carbocycles. The standard InChI is InChI=1S/C10H21N3O3S/c1-17(15,16)9-2-10(14)12-5-8-13-6-3-11-4-7-13/h11H,2-9H2,1H3,(H,12,14). The topological polar surface area (TPSA) is 78.5 Å². The number of carbonyl (C=O) groups is 1. The molecule has 7 heteroatoms. The predicted molar refractivity (Wildman–Crippen MR) is 66.6 cm³/mol. The first-order valence-corrected chi connectivity index (χ1v) is 7.91. The molecule has 0 atom stereocenters. The van der Waals surface area contributed by atoms with Crippen molar-refractivity contribution < 1.29 is 13.2 Å². The van der Waals surface area contributed by atoms with Crippen LogP contribution in [-0.2, 0) is 14.6 Å². The SMILES string of the molecule is CS(=O)(=O)CCC(=O)NCCN1CCNCC1. The van der Waals surface area contributed by atoms with Crippen molar-refractivity contribution in [2.45, 2.75) is 6.42 Å². The molecule has 1 fully saturated rings. The molecule has 1 saturated heterocycles. The summed E-state index contributed by atoms with van der Waals surface area (Å²) in [5.74, 6) is -0.266. The van der Waals surface area contributed by atoms with E-state index in [1.165, 1.54) is 0 Å². The minimum absolute atomic E-state index is 0.0559. The molecule has 2 N–H and O–H groups in total. The maximum Gasteiger partial charge on any atom is 0.221 e. The van der Waals surface area contributed by atoms with Crippen LogP contribution in [0, 0.1) is 0 Å². The van der Waals surface area contributed by atoms with Gasteiger partial charge in [0.25, 0.3) is 0 Å². The van der Waals surface area contributed by atoms with Crippen LogP contribution in [0.5, 0.6) is 0 Å². The van der Waals surface area contributed by atoms with Gasteiger partial charge in [-0.3, -0.25) is 9.69 Å². The number of piperazine rings is 1. The number of hydrogen-bond donors (Lipinski definition) is 2. The number of nitrogens with one attached hydrogen (secondary N) is 2. The molecule has 1 heterocycles. The normalized spacial score (nSPS) is 17.9. The highest BCUT2D eigenvalue weighted by atomic mass is 32.2. The van der Waals surface area contributed by atoms with Crippen molar-refractivity contribution in [1.82, 2.24) is 15.5 Å². The minimum Gasteiger partial charge on any atom is -0.355 e. The van der Waals surface area contributed by atoms with Gasteiger partial charge in [0.2, 0.25) is 5.91 Å². The molecule has 1 rings (SSSR count). The Labute approximate surface area is 103 Å². The van der Waals surface area contributed by atoms with Gasteiger partial charge in [-0.05, 0) is 0 Å². The first-order chi connectivity index (χ1) is 7.97. The monoisotopic (exact) mass is 263 g/mol. The molecule has 0 radical (unpaired) electrons. The fraction of sp³-hybridized carbons (Fsp3) is 0.900. The largest absolute Gasteiger partial charge is 0.355 e. The molecule has 1 amide bonds. The van der Waals surface area contributed by atoms with Crippen LogP contribution in [0.25, 0.3) is 0 Å². The lowest BCUT2D eigenvalue weighted by Crippen LogP contribution is -2.46. The van der Waals surface area contributed by atoms with Gasteiger partial charge in [-0.2, -0.15) is 0 Å². The van der Waals surface area contributed by atoms with Crippen molar-refractivity contribution in [1.29, 1.82) is 0 Å². The van der Waals surface area contributed by atoms with E-state index >= 15 is 0 Å². The fourth-order valence-electron chi connectivity index (χ4n) is 1.65. The smallest absolute Gasteiger partial charge is 0.221 e. The first kappa shape index (κ1) is 14.4. The molecule has 0 spiro atoms. The molecular formula is C10H21N3O3S. The van der Waals surface area contributed by atoms with Gasteiger partial charge in [-0.15, -0.1) is 0 Å². The van der Waals surface area contributed by atoms with Crippen molar-refractivity contribution in [2.75, 3.05) is 51.3 Å². The molecule has 0 unspecified atom stereocenters. The Hall–Kier alpha value is -0.660. The van der Waals surface area contributed by atoms with E-state index in [9.17, 15) is 13.2 Å². The highest BCUT2D eigenvalue weighted by Gasteiger charge is 2.10.